The van der Waals surface area contributed by atoms with Crippen molar-refractivity contribution in [3.05, 3.63) is 92.8 Å². The molecule has 0 aliphatic carbocycles. The molecule has 0 atom stereocenters. The number of hydrogen-bond acceptors (Lipinski definition) is 10. The summed E-state index contributed by atoms with van der Waals surface area (Å²) in [5.74, 6) is 0. The van der Waals surface area contributed by atoms with Crippen molar-refractivity contribution in [2.45, 2.75) is 4.90 Å². The topological polar surface area (TPSA) is 139 Å². The minimum Gasteiger partial charge on any atom is -0.378 e. The minimum absolute atomic E-state index is 0. The third-order valence-corrected chi connectivity index (χ3v) is 8.62. The lowest BCUT2D eigenvalue weighted by Gasteiger charge is -2.26. The van der Waals surface area contributed by atoms with Crippen LogP contribution in [0.15, 0.2) is 82.8 Å². The largest absolute Gasteiger partial charge is 0.378 e. The minimum atomic E-state index is -4.23. The molecule has 11 nitrogen and oxygen atoms in total. The maximum atomic E-state index is 13.3. The van der Waals surface area contributed by atoms with Crippen LogP contribution < -0.4 is 15.0 Å². The smallest absolute Gasteiger partial charge is 0.270 e. The first-order valence-electron chi connectivity index (χ1n) is 12.0. The molecule has 1 aliphatic heterocycles. The molecule has 0 bridgehead atoms. The normalized spacial score (nSPS) is 13.5. The Labute approximate surface area is 255 Å². The Kier molecular flexibility index (Phi) is 9.94. The van der Waals surface area contributed by atoms with E-state index < -0.39 is 14.9 Å². The number of rotatable bonds is 9. The number of nitrogens with one attached hydrogen (secondary N) is 2. The molecular weight excluding hydrogens is 656 g/mol. The van der Waals surface area contributed by atoms with Crippen LogP contribution in [0.3, 0.4) is 0 Å². The van der Waals surface area contributed by atoms with E-state index in [2.05, 4.69) is 20.1 Å². The number of non-ortho nitro benzene ring substituents is 1. The molecule has 0 spiro atoms. The molecule has 1 fully saturated rings. The summed E-state index contributed by atoms with van der Waals surface area (Å²) >= 11 is 7.35. The van der Waals surface area contributed by atoms with E-state index in [0.717, 1.165) is 40.4 Å². The molecule has 41 heavy (non-hydrogen) atoms. The van der Waals surface area contributed by atoms with E-state index in [4.69, 9.17) is 21.3 Å². The lowest BCUT2D eigenvalue weighted by Crippen LogP contribution is -2.36. The molecule has 0 radical (unpaired) electrons. The molecule has 2 heterocycles. The SMILES string of the molecule is Br.O=[N+]([O-])c1ccc(NN=Cc2sc(N3CCOCC3)nc2-c2ccccc2)c(S(=O)(=O)Nc2ccc(Cl)cc2)c1. The number of benzene rings is 3. The lowest BCUT2D eigenvalue weighted by molar-refractivity contribution is -0.385. The second kappa shape index (κ2) is 13.4. The summed E-state index contributed by atoms with van der Waals surface area (Å²) < 4.78 is 34.4. The van der Waals surface area contributed by atoms with Gasteiger partial charge in [0.15, 0.2) is 5.13 Å². The molecule has 4 aromatic rings. The summed E-state index contributed by atoms with van der Waals surface area (Å²) in [5.41, 5.74) is 4.32. The zero-order valence-corrected chi connectivity index (χ0v) is 25.4. The number of hydrazone groups is 1. The Balaban J connectivity index is 0.00000387. The highest BCUT2D eigenvalue weighted by atomic mass is 79.9. The molecule has 214 valence electrons. The highest BCUT2D eigenvalue weighted by molar-refractivity contribution is 8.93. The molecule has 5 rings (SSSR count). The van der Waals surface area contributed by atoms with Gasteiger partial charge in [0.05, 0.1) is 40.6 Å². The Morgan fingerprint density at radius 1 is 1.07 bits per heavy atom. The summed E-state index contributed by atoms with van der Waals surface area (Å²) in [6.45, 7) is 2.68. The van der Waals surface area contributed by atoms with Gasteiger partial charge in [-0.2, -0.15) is 5.10 Å². The van der Waals surface area contributed by atoms with Gasteiger partial charge in [-0.1, -0.05) is 53.3 Å². The number of thiazole rings is 1. The molecule has 1 aromatic heterocycles. The van der Waals surface area contributed by atoms with Crippen molar-refractivity contribution in [3.63, 3.8) is 0 Å². The van der Waals surface area contributed by atoms with Crippen LogP contribution in [0, 0.1) is 10.1 Å². The van der Waals surface area contributed by atoms with Gasteiger partial charge in [0.1, 0.15) is 4.90 Å². The van der Waals surface area contributed by atoms with Gasteiger partial charge in [0, 0.05) is 41.5 Å². The standard InChI is InChI=1S/C26H23ClN6O5S2.BrH/c27-19-6-8-20(9-7-19)31-40(36,37)24-16-21(33(34)35)10-11-22(24)30-28-17-23-25(18-4-2-1-3-5-18)29-26(39-23)32-12-14-38-15-13-32;/h1-11,16-17,30-31H,12-15H2;1H. The first-order chi connectivity index (χ1) is 19.3. The fourth-order valence-electron chi connectivity index (χ4n) is 3.93. The predicted octanol–water partition coefficient (Wildman–Crippen LogP) is 6.03. The Morgan fingerprint density at radius 2 is 1.78 bits per heavy atom. The number of halogens is 2. The van der Waals surface area contributed by atoms with E-state index in [9.17, 15) is 18.5 Å². The lowest BCUT2D eigenvalue weighted by atomic mass is 10.1. The molecule has 1 saturated heterocycles. The van der Waals surface area contributed by atoms with Gasteiger partial charge >= 0.3 is 0 Å². The second-order valence-electron chi connectivity index (χ2n) is 8.59. The summed E-state index contributed by atoms with van der Waals surface area (Å²) in [5, 5.41) is 17.0. The Hall–Kier alpha value is -3.56. The van der Waals surface area contributed by atoms with Crippen molar-refractivity contribution in [2.75, 3.05) is 41.4 Å². The van der Waals surface area contributed by atoms with Gasteiger partial charge in [-0.3, -0.25) is 20.3 Å². The maximum absolute atomic E-state index is 13.3. The zero-order valence-electron chi connectivity index (χ0n) is 21.3. The highest BCUT2D eigenvalue weighted by Crippen LogP contribution is 2.33. The number of ether oxygens (including phenoxy) is 1. The van der Waals surface area contributed by atoms with Crippen LogP contribution in [0.25, 0.3) is 11.3 Å². The quantitative estimate of drug-likeness (QED) is 0.124. The highest BCUT2D eigenvalue weighted by Gasteiger charge is 2.23. The molecule has 3 aromatic carbocycles. The molecule has 0 amide bonds. The number of hydrogen-bond donors (Lipinski definition) is 2. The molecule has 0 saturated carbocycles. The van der Waals surface area contributed by atoms with Crippen LogP contribution in [0.5, 0.6) is 0 Å². The molecule has 2 N–H and O–H groups in total. The average Bonchev–Trinajstić information content (AvgIpc) is 3.39. The van der Waals surface area contributed by atoms with Crippen molar-refractivity contribution in [1.29, 1.82) is 0 Å². The van der Waals surface area contributed by atoms with Gasteiger partial charge in [-0.25, -0.2) is 13.4 Å². The van der Waals surface area contributed by atoms with Crippen molar-refractivity contribution in [3.8, 4) is 11.3 Å². The first kappa shape index (κ1) is 30.4. The van der Waals surface area contributed by atoms with Crippen LogP contribution in [0.2, 0.25) is 5.02 Å². The second-order valence-corrected chi connectivity index (χ2v) is 11.7. The third-order valence-electron chi connectivity index (χ3n) is 5.90. The van der Waals surface area contributed by atoms with Crippen LogP contribution in [-0.2, 0) is 14.8 Å². The van der Waals surface area contributed by atoms with E-state index in [0.29, 0.717) is 18.2 Å². The van der Waals surface area contributed by atoms with Gasteiger partial charge in [0.25, 0.3) is 15.7 Å². The van der Waals surface area contributed by atoms with E-state index in [1.807, 2.05) is 30.3 Å². The van der Waals surface area contributed by atoms with Gasteiger partial charge in [0.2, 0.25) is 0 Å². The van der Waals surface area contributed by atoms with Crippen LogP contribution >= 0.6 is 39.9 Å². The van der Waals surface area contributed by atoms with Crippen LogP contribution in [-0.4, -0.2) is 50.8 Å². The van der Waals surface area contributed by atoms with Crippen molar-refractivity contribution in [2.24, 2.45) is 5.10 Å². The number of nitro benzene ring substituents is 1. The monoisotopic (exact) mass is 678 g/mol. The Bertz CT molecular complexity index is 1650. The fraction of sp³-hybridized carbons (Fsp3) is 0.154. The van der Waals surface area contributed by atoms with Gasteiger partial charge in [-0.15, -0.1) is 17.0 Å². The molecule has 1 aliphatic rings. The number of morpholine rings is 1. The van der Waals surface area contributed by atoms with Crippen molar-refractivity contribution < 1.29 is 18.1 Å². The number of aromatic nitrogens is 1. The zero-order chi connectivity index (χ0) is 28.1. The fourth-order valence-corrected chi connectivity index (χ4v) is 6.30. The Morgan fingerprint density at radius 3 is 2.46 bits per heavy atom. The number of anilines is 3. The van der Waals surface area contributed by atoms with Crippen molar-refractivity contribution in [1.82, 2.24) is 4.98 Å². The third kappa shape index (κ3) is 7.40. The summed E-state index contributed by atoms with van der Waals surface area (Å²) in [6, 6.07) is 19.2. The van der Waals surface area contributed by atoms with E-state index in [1.165, 1.54) is 47.7 Å². The predicted molar refractivity (Wildman–Crippen MR) is 167 cm³/mol. The van der Waals surface area contributed by atoms with E-state index in [1.54, 1.807) is 6.21 Å². The molecular formula is C26H24BrClN6O5S2. The van der Waals surface area contributed by atoms with Gasteiger partial charge < -0.3 is 9.64 Å². The van der Waals surface area contributed by atoms with Crippen LogP contribution in [0.4, 0.5) is 22.2 Å². The number of sulfonamides is 1. The number of nitrogens with zero attached hydrogens (tertiary/aromatic N) is 4. The van der Waals surface area contributed by atoms with Crippen molar-refractivity contribution >= 4 is 78.4 Å². The summed E-state index contributed by atoms with van der Waals surface area (Å²) in [6.07, 6.45) is 1.56. The number of nitro groups is 1. The van der Waals surface area contributed by atoms with Gasteiger partial charge in [-0.05, 0) is 30.3 Å². The average molecular weight is 680 g/mol. The maximum Gasteiger partial charge on any atom is 0.270 e. The van der Waals surface area contributed by atoms with Crippen LogP contribution in [0.1, 0.15) is 4.88 Å². The molecule has 15 heteroatoms. The first-order valence-corrected chi connectivity index (χ1v) is 14.7. The summed E-state index contributed by atoms with van der Waals surface area (Å²) in [7, 11) is -4.23. The molecule has 0 unspecified atom stereocenters. The van der Waals surface area contributed by atoms with E-state index in [-0.39, 0.29) is 38.9 Å². The van der Waals surface area contributed by atoms with E-state index >= 15 is 0 Å². The summed E-state index contributed by atoms with van der Waals surface area (Å²) in [4.78, 5) is 18.2.